The second-order valence-corrected chi connectivity index (χ2v) is 3.46. The quantitative estimate of drug-likeness (QED) is 0.513. The van der Waals surface area contributed by atoms with Crippen LogP contribution in [0.2, 0.25) is 0 Å². The van der Waals surface area contributed by atoms with Crippen molar-refractivity contribution in [2.45, 2.75) is 24.5 Å². The molecule has 66 valence electrons. The molecule has 2 nitrogen and oxygen atoms in total. The average molecular weight is 194 g/mol. The van der Waals surface area contributed by atoms with Crippen LogP contribution in [0.4, 0.5) is 0 Å². The van der Waals surface area contributed by atoms with E-state index in [9.17, 15) is 4.79 Å². The maximum absolute atomic E-state index is 10.6. The zero-order valence-electron chi connectivity index (χ0n) is 6.62. The highest BCUT2D eigenvalue weighted by Crippen LogP contribution is 2.10. The van der Waals surface area contributed by atoms with Crippen molar-refractivity contribution in [2.75, 3.05) is 12.9 Å². The molecule has 0 heterocycles. The molecule has 4 heteroatoms. The number of hydrogen-bond donors (Lipinski definition) is 2. The van der Waals surface area contributed by atoms with Crippen LogP contribution in [0.25, 0.3) is 0 Å². The Balaban J connectivity index is 3.29. The second-order valence-electron chi connectivity index (χ2n) is 2.28. The van der Waals surface area contributed by atoms with Crippen LogP contribution in [0, 0.1) is 0 Å². The van der Waals surface area contributed by atoms with Gasteiger partial charge in [-0.25, -0.2) is 0 Å². The molecule has 1 atom stereocenters. The van der Waals surface area contributed by atoms with Crippen LogP contribution in [0.1, 0.15) is 19.3 Å². The minimum Gasteiger partial charge on any atom is -0.469 e. The summed E-state index contributed by atoms with van der Waals surface area (Å²) < 4.78 is 4.49. The Hall–Kier alpha value is 0.170. The van der Waals surface area contributed by atoms with Crippen molar-refractivity contribution in [1.29, 1.82) is 0 Å². The van der Waals surface area contributed by atoms with E-state index in [0.29, 0.717) is 6.42 Å². The lowest BCUT2D eigenvalue weighted by atomic mass is 10.2. The van der Waals surface area contributed by atoms with Crippen molar-refractivity contribution < 1.29 is 9.53 Å². The Kier molecular flexibility index (Phi) is 6.96. The standard InChI is InChI=1S/C7H14O2S2/c1-9-7(8)3-2-6(11)4-5-10/h6,10-11H,2-5H2,1H3. The van der Waals surface area contributed by atoms with Crippen LogP contribution in [0.5, 0.6) is 0 Å². The van der Waals surface area contributed by atoms with E-state index in [2.05, 4.69) is 30.0 Å². The highest BCUT2D eigenvalue weighted by molar-refractivity contribution is 7.81. The van der Waals surface area contributed by atoms with E-state index in [1.54, 1.807) is 0 Å². The second kappa shape index (κ2) is 6.85. The first-order chi connectivity index (χ1) is 5.20. The van der Waals surface area contributed by atoms with Crippen molar-refractivity contribution in [3.63, 3.8) is 0 Å². The van der Waals surface area contributed by atoms with E-state index >= 15 is 0 Å². The van der Waals surface area contributed by atoms with Crippen molar-refractivity contribution in [3.05, 3.63) is 0 Å². The molecule has 0 bridgehead atoms. The molecule has 0 N–H and O–H groups in total. The van der Waals surface area contributed by atoms with E-state index in [4.69, 9.17) is 0 Å². The monoisotopic (exact) mass is 194 g/mol. The fourth-order valence-corrected chi connectivity index (χ4v) is 1.45. The summed E-state index contributed by atoms with van der Waals surface area (Å²) in [6.07, 6.45) is 2.16. The van der Waals surface area contributed by atoms with E-state index in [1.165, 1.54) is 7.11 Å². The van der Waals surface area contributed by atoms with Gasteiger partial charge in [0.1, 0.15) is 0 Å². The zero-order valence-corrected chi connectivity index (χ0v) is 8.41. The van der Waals surface area contributed by atoms with Gasteiger partial charge >= 0.3 is 5.97 Å². The highest BCUT2D eigenvalue weighted by Gasteiger charge is 2.05. The molecule has 0 saturated heterocycles. The van der Waals surface area contributed by atoms with Gasteiger partial charge in [0.05, 0.1) is 7.11 Å². The third-order valence-electron chi connectivity index (χ3n) is 1.37. The molecule has 0 aromatic carbocycles. The molecule has 11 heavy (non-hydrogen) atoms. The van der Waals surface area contributed by atoms with Gasteiger partial charge in [-0.1, -0.05) is 0 Å². The van der Waals surface area contributed by atoms with Crippen LogP contribution in [-0.2, 0) is 9.53 Å². The van der Waals surface area contributed by atoms with Crippen molar-refractivity contribution >= 4 is 31.2 Å². The summed E-state index contributed by atoms with van der Waals surface area (Å²) in [6.45, 7) is 0. The average Bonchev–Trinajstić information content (AvgIpc) is 2.01. The zero-order chi connectivity index (χ0) is 8.69. The molecule has 0 spiro atoms. The van der Waals surface area contributed by atoms with Gasteiger partial charge in [-0.05, 0) is 18.6 Å². The maximum atomic E-state index is 10.6. The largest absolute Gasteiger partial charge is 0.469 e. The first kappa shape index (κ1) is 11.2. The van der Waals surface area contributed by atoms with Crippen LogP contribution in [-0.4, -0.2) is 24.1 Å². The molecular weight excluding hydrogens is 180 g/mol. The first-order valence-corrected chi connectivity index (χ1v) is 4.71. The number of carbonyl (C=O) groups excluding carboxylic acids is 1. The van der Waals surface area contributed by atoms with Crippen LogP contribution in [0.15, 0.2) is 0 Å². The van der Waals surface area contributed by atoms with Gasteiger partial charge in [-0.2, -0.15) is 25.3 Å². The molecule has 0 aliphatic heterocycles. The number of thiol groups is 2. The van der Waals surface area contributed by atoms with Gasteiger partial charge in [0.25, 0.3) is 0 Å². The van der Waals surface area contributed by atoms with Crippen LogP contribution < -0.4 is 0 Å². The Bertz CT molecular complexity index is 117. The SMILES string of the molecule is COC(=O)CCC(S)CCS. The minimum absolute atomic E-state index is 0.164. The lowest BCUT2D eigenvalue weighted by Gasteiger charge is -2.06. The van der Waals surface area contributed by atoms with Gasteiger partial charge in [0.2, 0.25) is 0 Å². The molecule has 0 rings (SSSR count). The van der Waals surface area contributed by atoms with Crippen molar-refractivity contribution in [3.8, 4) is 0 Å². The molecule has 1 unspecified atom stereocenters. The summed E-state index contributed by atoms with van der Waals surface area (Å²) in [4.78, 5) is 10.6. The fraction of sp³-hybridized carbons (Fsp3) is 0.857. The van der Waals surface area contributed by atoms with Crippen molar-refractivity contribution in [2.24, 2.45) is 0 Å². The maximum Gasteiger partial charge on any atom is 0.305 e. The van der Waals surface area contributed by atoms with E-state index in [-0.39, 0.29) is 11.2 Å². The molecule has 0 aromatic rings. The lowest BCUT2D eigenvalue weighted by Crippen LogP contribution is -2.06. The number of carbonyl (C=O) groups is 1. The van der Waals surface area contributed by atoms with Gasteiger partial charge in [0.15, 0.2) is 0 Å². The molecule has 0 saturated carbocycles. The third kappa shape index (κ3) is 6.56. The van der Waals surface area contributed by atoms with Gasteiger partial charge in [-0.3, -0.25) is 4.79 Å². The Morgan fingerprint density at radius 1 is 1.55 bits per heavy atom. The minimum atomic E-state index is -0.164. The van der Waals surface area contributed by atoms with Gasteiger partial charge in [0, 0.05) is 11.7 Å². The number of ether oxygens (including phenoxy) is 1. The van der Waals surface area contributed by atoms with E-state index in [1.807, 2.05) is 0 Å². The molecule has 0 aliphatic carbocycles. The molecule has 0 aliphatic rings. The van der Waals surface area contributed by atoms with E-state index in [0.717, 1.165) is 18.6 Å². The van der Waals surface area contributed by atoms with Crippen LogP contribution >= 0.6 is 25.3 Å². The fourth-order valence-electron chi connectivity index (χ4n) is 0.680. The Labute approximate surface area is 78.5 Å². The molecule has 0 aromatic heterocycles. The van der Waals surface area contributed by atoms with Crippen molar-refractivity contribution in [1.82, 2.24) is 0 Å². The summed E-state index contributed by atoms with van der Waals surface area (Å²) in [5, 5.41) is 0.270. The number of hydrogen-bond acceptors (Lipinski definition) is 4. The summed E-state index contributed by atoms with van der Waals surface area (Å²) >= 11 is 8.33. The number of methoxy groups -OCH3 is 1. The van der Waals surface area contributed by atoms with Gasteiger partial charge in [-0.15, -0.1) is 0 Å². The summed E-state index contributed by atoms with van der Waals surface area (Å²) in [5.74, 6) is 0.651. The molecule has 0 radical (unpaired) electrons. The molecule has 0 fully saturated rings. The summed E-state index contributed by atoms with van der Waals surface area (Å²) in [5.41, 5.74) is 0. The van der Waals surface area contributed by atoms with E-state index < -0.39 is 0 Å². The third-order valence-corrected chi connectivity index (χ3v) is 2.15. The Morgan fingerprint density at radius 2 is 2.18 bits per heavy atom. The number of esters is 1. The smallest absolute Gasteiger partial charge is 0.305 e. The summed E-state index contributed by atoms with van der Waals surface area (Å²) in [7, 11) is 1.40. The molecule has 0 amide bonds. The first-order valence-electron chi connectivity index (χ1n) is 3.56. The number of rotatable bonds is 5. The topological polar surface area (TPSA) is 26.3 Å². The predicted molar refractivity (Wildman–Crippen MR) is 52.5 cm³/mol. The lowest BCUT2D eigenvalue weighted by molar-refractivity contribution is -0.140. The predicted octanol–water partition coefficient (Wildman–Crippen LogP) is 1.56. The molecular formula is C7H14O2S2. The van der Waals surface area contributed by atoms with Crippen LogP contribution in [0.3, 0.4) is 0 Å². The Morgan fingerprint density at radius 3 is 2.64 bits per heavy atom. The normalized spacial score (nSPS) is 12.6. The van der Waals surface area contributed by atoms with Gasteiger partial charge < -0.3 is 4.74 Å². The summed E-state index contributed by atoms with van der Waals surface area (Å²) in [6, 6.07) is 0. The highest BCUT2D eigenvalue weighted by atomic mass is 32.1.